The van der Waals surface area contributed by atoms with Crippen molar-refractivity contribution in [2.75, 3.05) is 6.54 Å². The van der Waals surface area contributed by atoms with Gasteiger partial charge < -0.3 is 5.32 Å². The first-order chi connectivity index (χ1) is 9.65. The fourth-order valence-electron chi connectivity index (χ4n) is 1.52. The molecule has 0 fully saturated rings. The molecule has 1 aromatic heterocycles. The van der Waals surface area contributed by atoms with Crippen molar-refractivity contribution in [3.63, 3.8) is 0 Å². The van der Waals surface area contributed by atoms with Crippen molar-refractivity contribution in [2.24, 2.45) is 0 Å². The topological polar surface area (TPSA) is 70.7 Å². The highest BCUT2D eigenvalue weighted by Crippen LogP contribution is 2.21. The van der Waals surface area contributed by atoms with E-state index in [1.165, 1.54) is 12.4 Å². The molecular weight excluding hydrogens is 299 g/mol. The number of benzene rings is 1. The fraction of sp³-hybridized carbons (Fsp3) is 0.154. The maximum absolute atomic E-state index is 11.6. The fourth-order valence-corrected chi connectivity index (χ4v) is 1.88. The van der Waals surface area contributed by atoms with E-state index in [-0.39, 0.29) is 5.91 Å². The summed E-state index contributed by atoms with van der Waals surface area (Å²) in [7, 11) is 0. The first-order valence-corrected chi connectivity index (χ1v) is 6.66. The second-order valence-electron chi connectivity index (χ2n) is 3.97. The van der Waals surface area contributed by atoms with Crippen LogP contribution in [0.4, 0.5) is 0 Å². The molecule has 0 saturated carbocycles. The van der Waals surface area contributed by atoms with Crippen LogP contribution >= 0.6 is 23.2 Å². The Labute approximate surface area is 126 Å². The lowest BCUT2D eigenvalue weighted by molar-refractivity contribution is -0.116. The molecule has 2 aromatic rings. The highest BCUT2D eigenvalue weighted by molar-refractivity contribution is 6.34. The Balaban J connectivity index is 1.84. The number of halogens is 2. The number of rotatable bonds is 5. The molecule has 0 bridgehead atoms. The molecule has 0 spiro atoms. The summed E-state index contributed by atoms with van der Waals surface area (Å²) in [5.41, 5.74) is 0.699. The summed E-state index contributed by atoms with van der Waals surface area (Å²) >= 11 is 11.9. The molecule has 0 saturated heterocycles. The Kier molecular flexibility index (Phi) is 5.15. The van der Waals surface area contributed by atoms with Gasteiger partial charge in [-0.25, -0.2) is 4.98 Å². The van der Waals surface area contributed by atoms with Crippen molar-refractivity contribution in [3.8, 4) is 0 Å². The summed E-state index contributed by atoms with van der Waals surface area (Å²) in [6, 6.07) is 5.08. The van der Waals surface area contributed by atoms with E-state index in [4.69, 9.17) is 23.2 Å². The Morgan fingerprint density at radius 3 is 3.00 bits per heavy atom. The predicted molar refractivity (Wildman–Crippen MR) is 78.6 cm³/mol. The van der Waals surface area contributed by atoms with Gasteiger partial charge in [-0.05, 0) is 29.8 Å². The third kappa shape index (κ3) is 4.36. The Morgan fingerprint density at radius 1 is 1.40 bits per heavy atom. The number of aromatic amines is 1. The van der Waals surface area contributed by atoms with Gasteiger partial charge in [0.15, 0.2) is 0 Å². The SMILES string of the molecule is O=C(C=Cc1cc(Cl)ccc1Cl)NCCc1ncn[nH]1. The highest BCUT2D eigenvalue weighted by atomic mass is 35.5. The quantitative estimate of drug-likeness (QED) is 0.833. The average molecular weight is 311 g/mol. The summed E-state index contributed by atoms with van der Waals surface area (Å²) < 4.78 is 0. The maximum Gasteiger partial charge on any atom is 0.244 e. The molecular formula is C13H12Cl2N4O. The number of carbonyl (C=O) groups excluding carboxylic acids is 1. The summed E-state index contributed by atoms with van der Waals surface area (Å²) in [4.78, 5) is 15.6. The molecule has 2 N–H and O–H groups in total. The Bertz CT molecular complexity index is 611. The van der Waals surface area contributed by atoms with E-state index < -0.39 is 0 Å². The van der Waals surface area contributed by atoms with Gasteiger partial charge in [0.25, 0.3) is 0 Å². The largest absolute Gasteiger partial charge is 0.352 e. The summed E-state index contributed by atoms with van der Waals surface area (Å²) in [6.45, 7) is 0.474. The number of H-pyrrole nitrogens is 1. The van der Waals surface area contributed by atoms with E-state index in [2.05, 4.69) is 20.5 Å². The first-order valence-electron chi connectivity index (χ1n) is 5.90. The van der Waals surface area contributed by atoms with Crippen LogP contribution in [-0.2, 0) is 11.2 Å². The van der Waals surface area contributed by atoms with E-state index in [0.717, 1.165) is 5.82 Å². The van der Waals surface area contributed by atoms with Crippen LogP contribution in [-0.4, -0.2) is 27.6 Å². The van der Waals surface area contributed by atoms with Crippen LogP contribution < -0.4 is 5.32 Å². The molecule has 104 valence electrons. The number of nitrogens with one attached hydrogen (secondary N) is 2. The maximum atomic E-state index is 11.6. The molecule has 0 aliphatic heterocycles. The predicted octanol–water partition coefficient (Wildman–Crippen LogP) is 2.48. The lowest BCUT2D eigenvalue weighted by atomic mass is 10.2. The van der Waals surface area contributed by atoms with E-state index in [1.54, 1.807) is 24.3 Å². The number of hydrogen-bond acceptors (Lipinski definition) is 3. The molecule has 0 radical (unpaired) electrons. The van der Waals surface area contributed by atoms with Crippen molar-refractivity contribution in [3.05, 3.63) is 52.0 Å². The average Bonchev–Trinajstić information content (AvgIpc) is 2.93. The van der Waals surface area contributed by atoms with Gasteiger partial charge in [0.1, 0.15) is 12.2 Å². The molecule has 5 nitrogen and oxygen atoms in total. The van der Waals surface area contributed by atoms with Crippen LogP contribution in [0.25, 0.3) is 6.08 Å². The van der Waals surface area contributed by atoms with E-state index >= 15 is 0 Å². The molecule has 20 heavy (non-hydrogen) atoms. The van der Waals surface area contributed by atoms with Crippen LogP contribution in [0.15, 0.2) is 30.6 Å². The third-order valence-corrected chi connectivity index (χ3v) is 3.08. The standard InChI is InChI=1S/C13H12Cl2N4O/c14-10-2-3-11(15)9(7-10)1-4-13(20)16-6-5-12-17-8-18-19-12/h1-4,7-8H,5-6H2,(H,16,20)(H,17,18,19). The molecule has 1 amide bonds. The molecule has 7 heteroatoms. The zero-order valence-electron chi connectivity index (χ0n) is 10.4. The van der Waals surface area contributed by atoms with Crippen molar-refractivity contribution >= 4 is 35.2 Å². The summed E-state index contributed by atoms with van der Waals surface area (Å²) in [5.74, 6) is 0.521. The van der Waals surface area contributed by atoms with Gasteiger partial charge in [-0.2, -0.15) is 5.10 Å². The smallest absolute Gasteiger partial charge is 0.244 e. The van der Waals surface area contributed by atoms with Crippen molar-refractivity contribution in [2.45, 2.75) is 6.42 Å². The van der Waals surface area contributed by atoms with Gasteiger partial charge in [-0.1, -0.05) is 23.2 Å². The molecule has 0 unspecified atom stereocenters. The molecule has 1 heterocycles. The van der Waals surface area contributed by atoms with Crippen LogP contribution in [0.5, 0.6) is 0 Å². The Hall–Kier alpha value is -1.85. The molecule has 0 aliphatic carbocycles. The number of aromatic nitrogens is 3. The van der Waals surface area contributed by atoms with E-state index in [0.29, 0.717) is 28.6 Å². The summed E-state index contributed by atoms with van der Waals surface area (Å²) in [5, 5.41) is 10.3. The van der Waals surface area contributed by atoms with E-state index in [9.17, 15) is 4.79 Å². The van der Waals surface area contributed by atoms with Gasteiger partial charge in [-0.15, -0.1) is 0 Å². The number of nitrogens with zero attached hydrogens (tertiary/aromatic N) is 2. The number of amides is 1. The van der Waals surface area contributed by atoms with Crippen molar-refractivity contribution in [1.82, 2.24) is 20.5 Å². The van der Waals surface area contributed by atoms with Crippen LogP contribution in [0.1, 0.15) is 11.4 Å². The van der Waals surface area contributed by atoms with Gasteiger partial charge >= 0.3 is 0 Å². The lowest BCUT2D eigenvalue weighted by Crippen LogP contribution is -2.23. The van der Waals surface area contributed by atoms with E-state index in [1.807, 2.05) is 0 Å². The van der Waals surface area contributed by atoms with Gasteiger partial charge in [0.2, 0.25) is 5.91 Å². The minimum Gasteiger partial charge on any atom is -0.352 e. The van der Waals surface area contributed by atoms with Crippen LogP contribution in [0, 0.1) is 0 Å². The van der Waals surface area contributed by atoms with Crippen molar-refractivity contribution < 1.29 is 4.79 Å². The lowest BCUT2D eigenvalue weighted by Gasteiger charge is -2.01. The van der Waals surface area contributed by atoms with Crippen LogP contribution in [0.2, 0.25) is 10.0 Å². The second kappa shape index (κ2) is 7.07. The third-order valence-electron chi connectivity index (χ3n) is 2.50. The molecule has 1 aromatic carbocycles. The van der Waals surface area contributed by atoms with Gasteiger partial charge in [0, 0.05) is 29.1 Å². The zero-order valence-corrected chi connectivity index (χ0v) is 11.9. The summed E-state index contributed by atoms with van der Waals surface area (Å²) in [6.07, 6.45) is 5.06. The highest BCUT2D eigenvalue weighted by Gasteiger charge is 2.00. The monoisotopic (exact) mass is 310 g/mol. The van der Waals surface area contributed by atoms with Crippen LogP contribution in [0.3, 0.4) is 0 Å². The minimum absolute atomic E-state index is 0.208. The molecule has 0 aliphatic rings. The molecule has 2 rings (SSSR count). The van der Waals surface area contributed by atoms with Gasteiger partial charge in [0.05, 0.1) is 0 Å². The Morgan fingerprint density at radius 2 is 2.25 bits per heavy atom. The number of hydrogen-bond donors (Lipinski definition) is 2. The second-order valence-corrected chi connectivity index (χ2v) is 4.82. The van der Waals surface area contributed by atoms with Crippen molar-refractivity contribution in [1.29, 1.82) is 0 Å². The normalized spacial score (nSPS) is 10.9. The first kappa shape index (κ1) is 14.6. The number of carbonyl (C=O) groups is 1. The minimum atomic E-state index is -0.208. The van der Waals surface area contributed by atoms with Gasteiger partial charge in [-0.3, -0.25) is 9.89 Å². The molecule has 0 atom stereocenters. The zero-order chi connectivity index (χ0) is 14.4.